The van der Waals surface area contributed by atoms with Crippen molar-refractivity contribution in [3.8, 4) is 5.75 Å². The molecule has 1 saturated heterocycles. The molecule has 2 heterocycles. The highest BCUT2D eigenvalue weighted by Crippen LogP contribution is 2.29. The summed E-state index contributed by atoms with van der Waals surface area (Å²) in [6.45, 7) is 4.32. The molecule has 1 fully saturated rings. The molecule has 0 amide bonds. The smallest absolute Gasteiger partial charge is 0.374 e. The molecule has 0 radical (unpaired) electrons. The van der Waals surface area contributed by atoms with Crippen molar-refractivity contribution in [2.24, 2.45) is 0 Å². The van der Waals surface area contributed by atoms with Crippen molar-refractivity contribution in [3.63, 3.8) is 0 Å². The Labute approximate surface area is 178 Å². The van der Waals surface area contributed by atoms with Gasteiger partial charge in [0.1, 0.15) is 11.6 Å². The Kier molecular flexibility index (Phi) is 7.07. The van der Waals surface area contributed by atoms with Gasteiger partial charge in [-0.05, 0) is 50.6 Å². The summed E-state index contributed by atoms with van der Waals surface area (Å²) in [5.41, 5.74) is 0.524. The monoisotopic (exact) mass is 434 g/mol. The van der Waals surface area contributed by atoms with E-state index in [1.807, 2.05) is 24.0 Å². The van der Waals surface area contributed by atoms with Crippen LogP contribution in [-0.2, 0) is 6.54 Å². The maximum atomic E-state index is 11.5. The Hall–Kier alpha value is -2.91. The zero-order valence-electron chi connectivity index (χ0n) is 16.5. The van der Waals surface area contributed by atoms with Crippen molar-refractivity contribution >= 4 is 29.4 Å². The van der Waals surface area contributed by atoms with E-state index in [0.717, 1.165) is 31.5 Å². The molecule has 160 valence electrons. The van der Waals surface area contributed by atoms with Crippen molar-refractivity contribution < 1.29 is 24.5 Å². The molecule has 1 aromatic carbocycles. The SMILES string of the molecule is CCOc1cc(CN(c2cc(C(=O)O)nc(C(=O)O)n2)C2CCNCC2)ccc1Cl. The van der Waals surface area contributed by atoms with Crippen LogP contribution in [0.1, 0.15) is 46.4 Å². The highest BCUT2D eigenvalue weighted by Gasteiger charge is 2.26. The van der Waals surface area contributed by atoms with Crippen molar-refractivity contribution in [1.29, 1.82) is 0 Å². The zero-order chi connectivity index (χ0) is 21.7. The lowest BCUT2D eigenvalue weighted by atomic mass is 10.0. The number of hydrogen-bond acceptors (Lipinski definition) is 7. The molecular weight excluding hydrogens is 412 g/mol. The molecule has 10 heteroatoms. The Balaban J connectivity index is 2.02. The number of carboxylic acids is 2. The molecule has 9 nitrogen and oxygen atoms in total. The number of anilines is 1. The van der Waals surface area contributed by atoms with Gasteiger partial charge in [0.05, 0.1) is 11.6 Å². The van der Waals surface area contributed by atoms with Gasteiger partial charge in [0, 0.05) is 18.7 Å². The van der Waals surface area contributed by atoms with Gasteiger partial charge in [-0.15, -0.1) is 0 Å². The maximum absolute atomic E-state index is 11.5. The van der Waals surface area contributed by atoms with Crippen molar-refractivity contribution in [2.45, 2.75) is 32.4 Å². The average Bonchev–Trinajstić information content (AvgIpc) is 2.74. The van der Waals surface area contributed by atoms with E-state index in [-0.39, 0.29) is 17.6 Å². The normalized spacial score (nSPS) is 14.3. The van der Waals surface area contributed by atoms with Gasteiger partial charge in [0.15, 0.2) is 5.69 Å². The summed E-state index contributed by atoms with van der Waals surface area (Å²) < 4.78 is 5.57. The summed E-state index contributed by atoms with van der Waals surface area (Å²) in [6.07, 6.45) is 1.61. The number of rotatable bonds is 8. The van der Waals surface area contributed by atoms with E-state index in [2.05, 4.69) is 15.3 Å². The van der Waals surface area contributed by atoms with Gasteiger partial charge >= 0.3 is 11.9 Å². The molecular formula is C20H23ClN4O5. The molecule has 2 aromatic rings. The predicted molar refractivity (Wildman–Crippen MR) is 111 cm³/mol. The number of nitrogens with one attached hydrogen (secondary N) is 1. The van der Waals surface area contributed by atoms with Gasteiger partial charge in [0.25, 0.3) is 0 Å². The number of hydrogen-bond donors (Lipinski definition) is 3. The molecule has 0 unspecified atom stereocenters. The maximum Gasteiger partial charge on any atom is 0.374 e. The molecule has 0 atom stereocenters. The molecule has 0 bridgehead atoms. The van der Waals surface area contributed by atoms with Gasteiger partial charge in [0.2, 0.25) is 5.82 Å². The number of ether oxygens (including phenoxy) is 1. The van der Waals surface area contributed by atoms with E-state index >= 15 is 0 Å². The van der Waals surface area contributed by atoms with Crippen molar-refractivity contribution in [3.05, 3.63) is 46.4 Å². The van der Waals surface area contributed by atoms with E-state index in [0.29, 0.717) is 23.9 Å². The van der Waals surface area contributed by atoms with E-state index < -0.39 is 17.8 Å². The van der Waals surface area contributed by atoms with Crippen LogP contribution in [-0.4, -0.2) is 57.9 Å². The summed E-state index contributed by atoms with van der Waals surface area (Å²) in [5, 5.41) is 22.5. The second-order valence-corrected chi connectivity index (χ2v) is 7.26. The second-order valence-electron chi connectivity index (χ2n) is 6.85. The number of aromatic nitrogens is 2. The number of benzene rings is 1. The number of nitrogens with zero attached hydrogens (tertiary/aromatic N) is 3. The molecule has 1 aliphatic rings. The summed E-state index contributed by atoms with van der Waals surface area (Å²) in [5.74, 6) is -2.41. The fourth-order valence-electron chi connectivity index (χ4n) is 3.41. The van der Waals surface area contributed by atoms with Gasteiger partial charge in [-0.2, -0.15) is 0 Å². The lowest BCUT2D eigenvalue weighted by molar-refractivity contribution is 0.0679. The predicted octanol–water partition coefficient (Wildman–Crippen LogP) is 2.68. The van der Waals surface area contributed by atoms with Crippen molar-refractivity contribution in [2.75, 3.05) is 24.6 Å². The molecule has 0 aliphatic carbocycles. The average molecular weight is 435 g/mol. The standard InChI is InChI=1S/C20H23ClN4O5/c1-2-30-16-9-12(3-4-14(16)21)11-25(13-5-7-22-8-6-13)17-10-15(19(26)27)23-18(24-17)20(28)29/h3-4,9-10,13,22H,2,5-8,11H2,1H3,(H,26,27)(H,28,29). The third-order valence-corrected chi connectivity index (χ3v) is 5.13. The fourth-order valence-corrected chi connectivity index (χ4v) is 3.58. The summed E-state index contributed by atoms with van der Waals surface area (Å²) in [4.78, 5) is 32.7. The minimum atomic E-state index is -1.38. The van der Waals surface area contributed by atoms with Crippen LogP contribution in [0.25, 0.3) is 0 Å². The van der Waals surface area contributed by atoms with Crippen LogP contribution in [0.15, 0.2) is 24.3 Å². The first-order valence-corrected chi connectivity index (χ1v) is 10.0. The van der Waals surface area contributed by atoms with Crippen LogP contribution >= 0.6 is 11.6 Å². The Bertz CT molecular complexity index is 901. The van der Waals surface area contributed by atoms with Crippen LogP contribution in [0.3, 0.4) is 0 Å². The molecule has 1 aliphatic heterocycles. The van der Waals surface area contributed by atoms with Crippen LogP contribution in [0.2, 0.25) is 5.02 Å². The van der Waals surface area contributed by atoms with E-state index in [9.17, 15) is 19.8 Å². The van der Waals surface area contributed by atoms with Gasteiger partial charge in [-0.1, -0.05) is 17.7 Å². The summed E-state index contributed by atoms with van der Waals surface area (Å²) in [7, 11) is 0. The van der Waals surface area contributed by atoms with Crippen LogP contribution < -0.4 is 15.0 Å². The lowest BCUT2D eigenvalue weighted by Crippen LogP contribution is -2.43. The number of aromatic carboxylic acids is 2. The Morgan fingerprint density at radius 2 is 1.93 bits per heavy atom. The molecule has 1 aromatic heterocycles. The summed E-state index contributed by atoms with van der Waals surface area (Å²) >= 11 is 6.19. The summed E-state index contributed by atoms with van der Waals surface area (Å²) in [6, 6.07) is 6.80. The molecule has 0 saturated carbocycles. The van der Waals surface area contributed by atoms with E-state index in [4.69, 9.17) is 16.3 Å². The van der Waals surface area contributed by atoms with E-state index in [1.165, 1.54) is 6.07 Å². The Morgan fingerprint density at radius 3 is 2.57 bits per heavy atom. The third kappa shape index (κ3) is 5.17. The first-order chi connectivity index (χ1) is 14.4. The minimum Gasteiger partial charge on any atom is -0.492 e. The lowest BCUT2D eigenvalue weighted by Gasteiger charge is -2.36. The molecule has 0 spiro atoms. The first-order valence-electron chi connectivity index (χ1n) is 9.63. The van der Waals surface area contributed by atoms with Crippen molar-refractivity contribution in [1.82, 2.24) is 15.3 Å². The van der Waals surface area contributed by atoms with Crippen LogP contribution in [0.5, 0.6) is 5.75 Å². The number of carbonyl (C=O) groups is 2. The zero-order valence-corrected chi connectivity index (χ0v) is 17.2. The molecule has 3 N–H and O–H groups in total. The quantitative estimate of drug-likeness (QED) is 0.574. The number of piperidine rings is 1. The van der Waals surface area contributed by atoms with Crippen LogP contribution in [0.4, 0.5) is 5.82 Å². The van der Waals surface area contributed by atoms with Gasteiger partial charge < -0.3 is 25.2 Å². The van der Waals surface area contributed by atoms with Crippen LogP contribution in [0, 0.1) is 0 Å². The van der Waals surface area contributed by atoms with E-state index in [1.54, 1.807) is 6.07 Å². The highest BCUT2D eigenvalue weighted by atomic mass is 35.5. The Morgan fingerprint density at radius 1 is 1.20 bits per heavy atom. The second kappa shape index (κ2) is 9.73. The molecule has 3 rings (SSSR count). The highest BCUT2D eigenvalue weighted by molar-refractivity contribution is 6.32. The fraction of sp³-hybridized carbons (Fsp3) is 0.400. The first kappa shape index (κ1) is 21.8. The number of carboxylic acid groups (broad SMARTS) is 2. The molecule has 30 heavy (non-hydrogen) atoms. The van der Waals surface area contributed by atoms with Gasteiger partial charge in [-0.3, -0.25) is 0 Å². The minimum absolute atomic E-state index is 0.0515. The number of halogens is 1. The third-order valence-electron chi connectivity index (χ3n) is 4.82. The largest absolute Gasteiger partial charge is 0.492 e. The topological polar surface area (TPSA) is 125 Å². The van der Waals surface area contributed by atoms with Gasteiger partial charge in [-0.25, -0.2) is 19.6 Å².